The Bertz CT molecular complexity index is 1150. The van der Waals surface area contributed by atoms with E-state index in [4.69, 9.17) is 0 Å². The lowest BCUT2D eigenvalue weighted by atomic mass is 10.2. The average Bonchev–Trinajstić information content (AvgIpc) is 3.00. The van der Waals surface area contributed by atoms with E-state index in [2.05, 4.69) is 15.3 Å². The average molecular weight is 386 g/mol. The minimum absolute atomic E-state index is 0.343. The normalized spacial score (nSPS) is 12.1. The van der Waals surface area contributed by atoms with Gasteiger partial charge in [-0.25, -0.2) is 13.2 Å². The molecule has 1 aromatic heterocycles. The second-order valence-corrected chi connectivity index (χ2v) is 7.83. The predicted molar refractivity (Wildman–Crippen MR) is 105 cm³/mol. The summed E-state index contributed by atoms with van der Waals surface area (Å²) in [5, 5.41) is 3.68. The molecule has 0 aliphatic heterocycles. The second kappa shape index (κ2) is 7.60. The van der Waals surface area contributed by atoms with Crippen LogP contribution in [0.4, 0.5) is 5.69 Å². The van der Waals surface area contributed by atoms with Crippen LogP contribution in [0.5, 0.6) is 0 Å². The summed E-state index contributed by atoms with van der Waals surface area (Å²) in [6.45, 7) is -0.344. The highest BCUT2D eigenvalue weighted by molar-refractivity contribution is 7.92. The molecule has 0 fully saturated rings. The fourth-order valence-corrected chi connectivity index (χ4v) is 3.27. The number of hydrogen-bond donors (Lipinski definition) is 3. The zero-order chi connectivity index (χ0) is 19.4. The van der Waals surface area contributed by atoms with E-state index in [-0.39, 0.29) is 12.2 Å². The molecule has 3 aromatic rings. The number of aromatic nitrogens is 2. The number of likely N-dealkylation sites (N-methyl/N-ethyl adjacent to an activating group) is 1. The lowest BCUT2D eigenvalue weighted by Gasteiger charge is -2.14. The van der Waals surface area contributed by atoms with Gasteiger partial charge in [-0.15, -0.1) is 0 Å². The smallest absolute Gasteiger partial charge is 0.323 e. The Hall–Kier alpha value is -3.17. The summed E-state index contributed by atoms with van der Waals surface area (Å²) >= 11 is 0. The molecular formula is C18H18N4O4S. The molecule has 3 N–H and O–H groups in total. The molecule has 9 heteroatoms. The summed E-state index contributed by atoms with van der Waals surface area (Å²) in [6.07, 6.45) is 1.47. The van der Waals surface area contributed by atoms with Crippen molar-refractivity contribution in [2.24, 2.45) is 0 Å². The van der Waals surface area contributed by atoms with Gasteiger partial charge in [0.1, 0.15) is 0 Å². The first kappa shape index (κ1) is 18.6. The van der Waals surface area contributed by atoms with Gasteiger partial charge in [-0.2, -0.15) is 4.31 Å². The Morgan fingerprint density at radius 3 is 2.56 bits per heavy atom. The Kier molecular flexibility index (Phi) is 5.24. The van der Waals surface area contributed by atoms with Gasteiger partial charge in [0.15, 0.2) is 0 Å². The minimum Gasteiger partial charge on any atom is -0.325 e. The van der Waals surface area contributed by atoms with Crippen molar-refractivity contribution in [3.05, 3.63) is 70.0 Å². The molecule has 0 saturated heterocycles. The van der Waals surface area contributed by atoms with E-state index in [0.717, 1.165) is 15.3 Å². The molecule has 0 unspecified atom stereocenters. The number of carbonyl (C=O) groups excluding carboxylic acids is 1. The van der Waals surface area contributed by atoms with Crippen molar-refractivity contribution < 1.29 is 13.2 Å². The third-order valence-corrected chi connectivity index (χ3v) is 5.31. The van der Waals surface area contributed by atoms with Crippen molar-refractivity contribution in [2.45, 2.75) is 0 Å². The molecule has 0 atom stereocenters. The van der Waals surface area contributed by atoms with Crippen molar-refractivity contribution in [1.29, 1.82) is 0 Å². The van der Waals surface area contributed by atoms with Crippen LogP contribution in [0, 0.1) is 0 Å². The van der Waals surface area contributed by atoms with Gasteiger partial charge >= 0.3 is 5.69 Å². The van der Waals surface area contributed by atoms with Crippen molar-refractivity contribution in [3.63, 3.8) is 0 Å². The number of nitrogens with one attached hydrogen (secondary N) is 3. The molecule has 8 nitrogen and oxygen atoms in total. The van der Waals surface area contributed by atoms with Crippen LogP contribution >= 0.6 is 0 Å². The van der Waals surface area contributed by atoms with Gasteiger partial charge in [-0.3, -0.25) is 4.79 Å². The summed E-state index contributed by atoms with van der Waals surface area (Å²) in [5.41, 5.74) is 2.01. The highest BCUT2D eigenvalue weighted by Gasteiger charge is 2.18. The SMILES string of the molecule is CN(CC(=O)Nc1ccc2[nH]c(=O)[nH]c2c1)S(=O)(=O)C=Cc1ccccc1. The molecule has 27 heavy (non-hydrogen) atoms. The fourth-order valence-electron chi connectivity index (χ4n) is 2.44. The van der Waals surface area contributed by atoms with Crippen LogP contribution in [0.2, 0.25) is 0 Å². The fraction of sp³-hybridized carbons (Fsp3) is 0.111. The molecule has 2 aromatic carbocycles. The predicted octanol–water partition coefficient (Wildman–Crippen LogP) is 1.73. The number of fused-ring (bicyclic) bond motifs is 1. The number of rotatable bonds is 6. The second-order valence-electron chi connectivity index (χ2n) is 5.90. The zero-order valence-electron chi connectivity index (χ0n) is 14.5. The van der Waals surface area contributed by atoms with Crippen LogP contribution in [-0.4, -0.2) is 42.2 Å². The van der Waals surface area contributed by atoms with Gasteiger partial charge in [0.25, 0.3) is 0 Å². The third kappa shape index (κ3) is 4.72. The Balaban J connectivity index is 1.65. The molecule has 0 aliphatic carbocycles. The van der Waals surface area contributed by atoms with Crippen LogP contribution < -0.4 is 11.0 Å². The summed E-state index contributed by atoms with van der Waals surface area (Å²) in [6, 6.07) is 13.9. The molecule has 140 valence electrons. The Morgan fingerprint density at radius 2 is 1.81 bits per heavy atom. The monoisotopic (exact) mass is 386 g/mol. The van der Waals surface area contributed by atoms with Gasteiger partial charge in [-0.05, 0) is 29.8 Å². The standard InChI is InChI=1S/C18H18N4O4S/c1-22(27(25,26)10-9-13-5-3-2-4-6-13)12-17(23)19-14-7-8-15-16(11-14)21-18(24)20-15/h2-11H,12H2,1H3,(H,19,23)(H2,20,21,24). The first-order chi connectivity index (χ1) is 12.8. The molecule has 0 spiro atoms. The maximum absolute atomic E-state index is 12.3. The van der Waals surface area contributed by atoms with Crippen LogP contribution in [0.3, 0.4) is 0 Å². The highest BCUT2D eigenvalue weighted by atomic mass is 32.2. The van der Waals surface area contributed by atoms with Crippen LogP contribution in [0.25, 0.3) is 17.1 Å². The van der Waals surface area contributed by atoms with Crippen LogP contribution in [-0.2, 0) is 14.8 Å². The third-order valence-electron chi connectivity index (χ3n) is 3.83. The topological polar surface area (TPSA) is 115 Å². The molecule has 1 amide bonds. The molecule has 1 heterocycles. The maximum atomic E-state index is 12.3. The number of aromatic amines is 2. The molecule has 3 rings (SSSR count). The van der Waals surface area contributed by atoms with E-state index in [0.29, 0.717) is 16.7 Å². The summed E-state index contributed by atoms with van der Waals surface area (Å²) < 4.78 is 25.5. The number of anilines is 1. The van der Waals surface area contributed by atoms with Crippen molar-refractivity contribution in [2.75, 3.05) is 18.9 Å². The minimum atomic E-state index is -3.74. The molecule has 0 bridgehead atoms. The van der Waals surface area contributed by atoms with E-state index in [9.17, 15) is 18.0 Å². The Morgan fingerprint density at radius 1 is 1.11 bits per heavy atom. The number of sulfonamides is 1. The number of hydrogen-bond acceptors (Lipinski definition) is 4. The maximum Gasteiger partial charge on any atom is 0.323 e. The van der Waals surface area contributed by atoms with Gasteiger partial charge in [-0.1, -0.05) is 30.3 Å². The molecule has 0 radical (unpaired) electrons. The van der Waals surface area contributed by atoms with Crippen molar-refractivity contribution in [1.82, 2.24) is 14.3 Å². The number of benzene rings is 2. The lowest BCUT2D eigenvalue weighted by molar-refractivity contribution is -0.116. The van der Waals surface area contributed by atoms with Crippen LogP contribution in [0.1, 0.15) is 5.56 Å². The number of nitrogens with zero attached hydrogens (tertiary/aromatic N) is 1. The van der Waals surface area contributed by atoms with Gasteiger partial charge in [0.05, 0.1) is 17.6 Å². The summed E-state index contributed by atoms with van der Waals surface area (Å²) in [5.74, 6) is -0.494. The van der Waals surface area contributed by atoms with E-state index in [1.54, 1.807) is 42.5 Å². The lowest BCUT2D eigenvalue weighted by Crippen LogP contribution is -2.33. The van der Waals surface area contributed by atoms with Gasteiger partial charge < -0.3 is 15.3 Å². The summed E-state index contributed by atoms with van der Waals surface area (Å²) in [4.78, 5) is 28.6. The van der Waals surface area contributed by atoms with Gasteiger partial charge in [0, 0.05) is 18.1 Å². The molecule has 0 aliphatic rings. The number of imidazole rings is 1. The number of amides is 1. The van der Waals surface area contributed by atoms with Crippen molar-refractivity contribution >= 4 is 38.7 Å². The highest BCUT2D eigenvalue weighted by Crippen LogP contribution is 2.14. The molecule has 0 saturated carbocycles. The van der Waals surface area contributed by atoms with E-state index >= 15 is 0 Å². The number of carbonyl (C=O) groups is 1. The van der Waals surface area contributed by atoms with Crippen molar-refractivity contribution in [3.8, 4) is 0 Å². The van der Waals surface area contributed by atoms with Crippen LogP contribution in [0.15, 0.2) is 58.7 Å². The quantitative estimate of drug-likeness (QED) is 0.598. The van der Waals surface area contributed by atoms with E-state index in [1.807, 2.05) is 6.07 Å². The first-order valence-electron chi connectivity index (χ1n) is 8.05. The van der Waals surface area contributed by atoms with Gasteiger partial charge in [0.2, 0.25) is 15.9 Å². The zero-order valence-corrected chi connectivity index (χ0v) is 15.3. The first-order valence-corrected chi connectivity index (χ1v) is 9.55. The summed E-state index contributed by atoms with van der Waals surface area (Å²) in [7, 11) is -2.41. The van der Waals surface area contributed by atoms with E-state index < -0.39 is 15.9 Å². The Labute approximate surface area is 155 Å². The number of H-pyrrole nitrogens is 2. The van der Waals surface area contributed by atoms with E-state index in [1.165, 1.54) is 13.1 Å². The largest absolute Gasteiger partial charge is 0.325 e. The molecular weight excluding hydrogens is 368 g/mol.